The van der Waals surface area contributed by atoms with Crippen LogP contribution in [0.2, 0.25) is 0 Å². The van der Waals surface area contributed by atoms with Crippen molar-refractivity contribution in [2.75, 3.05) is 14.2 Å². The van der Waals surface area contributed by atoms with Crippen LogP contribution in [0.15, 0.2) is 22.8 Å². The Bertz CT molecular complexity index is 803. The maximum atomic E-state index is 5.48. The lowest BCUT2D eigenvalue weighted by Gasteiger charge is -2.12. The zero-order valence-electron chi connectivity index (χ0n) is 11.2. The summed E-state index contributed by atoms with van der Waals surface area (Å²) in [4.78, 5) is 9.00. The number of fused-ring (bicyclic) bond motifs is 5. The minimum atomic E-state index is 0.490. The molecule has 0 N–H and O–H groups in total. The van der Waals surface area contributed by atoms with E-state index in [1.807, 2.05) is 10.5 Å². The molecule has 0 saturated heterocycles. The van der Waals surface area contributed by atoms with Crippen LogP contribution in [0, 0.1) is 0 Å². The highest BCUT2D eigenvalue weighted by atomic mass is 16.5. The molecule has 20 heavy (non-hydrogen) atoms. The molecular weight excluding hydrogens is 258 g/mol. The predicted molar refractivity (Wildman–Crippen MR) is 71.2 cm³/mol. The van der Waals surface area contributed by atoms with Crippen LogP contribution >= 0.6 is 0 Å². The first-order valence-corrected chi connectivity index (χ1v) is 6.39. The molecular formula is C14H13N3O3. The third-order valence-electron chi connectivity index (χ3n) is 3.64. The van der Waals surface area contributed by atoms with Crippen molar-refractivity contribution in [1.82, 2.24) is 14.4 Å². The zero-order chi connectivity index (χ0) is 13.7. The number of aryl methyl sites for hydroxylation is 2. The smallest absolute Gasteiger partial charge is 0.240 e. The van der Waals surface area contributed by atoms with Crippen LogP contribution in [0.25, 0.3) is 17.0 Å². The van der Waals surface area contributed by atoms with Gasteiger partial charge in [0.2, 0.25) is 17.5 Å². The molecule has 0 fully saturated rings. The second-order valence-corrected chi connectivity index (χ2v) is 4.64. The molecule has 0 amide bonds. The summed E-state index contributed by atoms with van der Waals surface area (Å²) in [5, 5.41) is 0. The van der Waals surface area contributed by atoms with E-state index < -0.39 is 0 Å². The lowest BCUT2D eigenvalue weighted by atomic mass is 9.99. The summed E-state index contributed by atoms with van der Waals surface area (Å²) in [6.07, 6.45) is 3.41. The molecule has 1 aliphatic carbocycles. The van der Waals surface area contributed by atoms with E-state index >= 15 is 0 Å². The Morgan fingerprint density at radius 3 is 2.90 bits per heavy atom. The van der Waals surface area contributed by atoms with E-state index in [4.69, 9.17) is 13.9 Å². The third-order valence-corrected chi connectivity index (χ3v) is 3.64. The van der Waals surface area contributed by atoms with Crippen LogP contribution in [-0.2, 0) is 12.8 Å². The molecule has 102 valence electrons. The highest BCUT2D eigenvalue weighted by Gasteiger charge is 2.26. The quantitative estimate of drug-likeness (QED) is 0.714. The molecule has 4 rings (SSSR count). The van der Waals surface area contributed by atoms with Crippen LogP contribution in [0.1, 0.15) is 11.5 Å². The van der Waals surface area contributed by atoms with E-state index in [1.165, 1.54) is 0 Å². The zero-order valence-corrected chi connectivity index (χ0v) is 11.2. The van der Waals surface area contributed by atoms with E-state index in [0.717, 1.165) is 35.6 Å². The van der Waals surface area contributed by atoms with Gasteiger partial charge in [-0.25, -0.2) is 4.98 Å². The van der Waals surface area contributed by atoms with Gasteiger partial charge in [0.1, 0.15) is 5.76 Å². The van der Waals surface area contributed by atoms with Crippen molar-refractivity contribution in [2.45, 2.75) is 12.8 Å². The lowest BCUT2D eigenvalue weighted by Crippen LogP contribution is -2.06. The average Bonchev–Trinajstić information content (AvgIpc) is 3.09. The van der Waals surface area contributed by atoms with Crippen LogP contribution in [0.3, 0.4) is 0 Å². The molecule has 0 unspecified atom stereocenters. The molecule has 3 heterocycles. The third kappa shape index (κ3) is 1.39. The molecule has 0 bridgehead atoms. The fraction of sp³-hybridized carbons (Fsp3) is 0.286. The molecule has 1 aliphatic rings. The maximum absolute atomic E-state index is 5.48. The molecule has 0 aliphatic heterocycles. The van der Waals surface area contributed by atoms with Gasteiger partial charge in [-0.1, -0.05) is 0 Å². The summed E-state index contributed by atoms with van der Waals surface area (Å²) in [7, 11) is 3.21. The fourth-order valence-electron chi connectivity index (χ4n) is 2.73. The van der Waals surface area contributed by atoms with Crippen LogP contribution in [0.5, 0.6) is 11.8 Å². The highest BCUT2D eigenvalue weighted by Crippen LogP contribution is 2.36. The molecule has 0 saturated carbocycles. The van der Waals surface area contributed by atoms with Gasteiger partial charge in [0.15, 0.2) is 0 Å². The topological polar surface area (TPSA) is 61.8 Å². The summed E-state index contributed by atoms with van der Waals surface area (Å²) in [5.74, 6) is 2.73. The van der Waals surface area contributed by atoms with Crippen molar-refractivity contribution in [2.24, 2.45) is 0 Å². The Morgan fingerprint density at radius 1 is 1.20 bits per heavy atom. The fourth-order valence-corrected chi connectivity index (χ4v) is 2.73. The number of imidazole rings is 1. The van der Waals surface area contributed by atoms with Crippen molar-refractivity contribution in [3.63, 3.8) is 0 Å². The van der Waals surface area contributed by atoms with E-state index in [1.54, 1.807) is 26.5 Å². The first-order valence-electron chi connectivity index (χ1n) is 6.39. The second-order valence-electron chi connectivity index (χ2n) is 4.64. The van der Waals surface area contributed by atoms with E-state index in [9.17, 15) is 0 Å². The molecule has 3 aromatic rings. The number of ether oxygens (including phenoxy) is 2. The standard InChI is InChI=1S/C14H13N3O3/c1-18-11-7-12(19-2)17-9-3-4-10-8(5-6-20-10)13(9)16-14(17)15-11/h5-7H,3-4H2,1-2H3. The molecule has 6 nitrogen and oxygen atoms in total. The van der Waals surface area contributed by atoms with E-state index in [-0.39, 0.29) is 0 Å². The van der Waals surface area contributed by atoms with Crippen molar-refractivity contribution in [3.8, 4) is 23.0 Å². The van der Waals surface area contributed by atoms with Crippen LogP contribution < -0.4 is 9.47 Å². The van der Waals surface area contributed by atoms with Crippen LogP contribution in [0.4, 0.5) is 0 Å². The first kappa shape index (κ1) is 11.3. The Morgan fingerprint density at radius 2 is 2.10 bits per heavy atom. The molecule has 3 aromatic heterocycles. The number of methoxy groups -OCH3 is 2. The Kier molecular flexibility index (Phi) is 2.26. The highest BCUT2D eigenvalue weighted by molar-refractivity contribution is 5.70. The normalized spacial score (nSPS) is 13.1. The second kappa shape index (κ2) is 4.00. The van der Waals surface area contributed by atoms with Gasteiger partial charge in [-0.3, -0.25) is 4.40 Å². The number of aromatic nitrogens is 3. The van der Waals surface area contributed by atoms with Gasteiger partial charge in [0.25, 0.3) is 0 Å². The summed E-state index contributed by atoms with van der Waals surface area (Å²) in [6.45, 7) is 0. The minimum absolute atomic E-state index is 0.490. The monoisotopic (exact) mass is 271 g/mol. The Balaban J connectivity index is 2.06. The van der Waals surface area contributed by atoms with Crippen molar-refractivity contribution < 1.29 is 13.9 Å². The molecule has 6 heteroatoms. The SMILES string of the molecule is COc1cc(OC)n2c3c(nc2n1)-c1ccoc1CC3. The molecule has 0 spiro atoms. The van der Waals surface area contributed by atoms with Crippen LogP contribution in [-0.4, -0.2) is 28.6 Å². The van der Waals surface area contributed by atoms with Crippen molar-refractivity contribution in [1.29, 1.82) is 0 Å². The van der Waals surface area contributed by atoms with E-state index in [0.29, 0.717) is 17.5 Å². The van der Waals surface area contributed by atoms with E-state index in [2.05, 4.69) is 9.97 Å². The number of furan rings is 1. The van der Waals surface area contributed by atoms with Gasteiger partial charge >= 0.3 is 0 Å². The van der Waals surface area contributed by atoms with Gasteiger partial charge < -0.3 is 13.9 Å². The average molecular weight is 271 g/mol. The predicted octanol–water partition coefficient (Wildman–Crippen LogP) is 2.11. The molecule has 0 atom stereocenters. The number of rotatable bonds is 2. The van der Waals surface area contributed by atoms with Gasteiger partial charge in [-0.15, -0.1) is 0 Å². The van der Waals surface area contributed by atoms with Gasteiger partial charge in [0.05, 0.1) is 37.9 Å². The number of hydrogen-bond acceptors (Lipinski definition) is 5. The number of hydrogen-bond donors (Lipinski definition) is 0. The molecule has 0 radical (unpaired) electrons. The van der Waals surface area contributed by atoms with Gasteiger partial charge in [-0.05, 0) is 12.5 Å². The van der Waals surface area contributed by atoms with Gasteiger partial charge in [0, 0.05) is 12.0 Å². The van der Waals surface area contributed by atoms with Crippen molar-refractivity contribution in [3.05, 3.63) is 29.9 Å². The maximum Gasteiger partial charge on any atom is 0.240 e. The first-order chi connectivity index (χ1) is 9.81. The molecule has 0 aromatic carbocycles. The lowest BCUT2D eigenvalue weighted by molar-refractivity contribution is 0.368. The summed E-state index contributed by atoms with van der Waals surface area (Å²) < 4.78 is 18.1. The largest absolute Gasteiger partial charge is 0.482 e. The van der Waals surface area contributed by atoms with Crippen molar-refractivity contribution >= 4 is 5.78 Å². The number of nitrogens with zero attached hydrogens (tertiary/aromatic N) is 3. The summed E-state index contributed by atoms with van der Waals surface area (Å²) >= 11 is 0. The Hall–Kier alpha value is -2.50. The summed E-state index contributed by atoms with van der Waals surface area (Å²) in [6, 6.07) is 3.71. The van der Waals surface area contributed by atoms with Gasteiger partial charge in [-0.2, -0.15) is 4.98 Å². The minimum Gasteiger partial charge on any atom is -0.482 e. The summed E-state index contributed by atoms with van der Waals surface area (Å²) in [5.41, 5.74) is 3.05. The Labute approximate surface area is 115 Å².